The van der Waals surface area contributed by atoms with Crippen molar-refractivity contribution in [1.29, 1.82) is 0 Å². The minimum absolute atomic E-state index is 0.143. The number of fused-ring (bicyclic) bond motifs is 5. The van der Waals surface area contributed by atoms with Crippen LogP contribution in [0.2, 0.25) is 0 Å². The quantitative estimate of drug-likeness (QED) is 0.463. The lowest BCUT2D eigenvalue weighted by Crippen LogP contribution is -2.37. The molecule has 2 bridgehead atoms. The summed E-state index contributed by atoms with van der Waals surface area (Å²) in [5.74, 6) is -0.907. The number of hydrogen-bond acceptors (Lipinski definition) is 6. The summed E-state index contributed by atoms with van der Waals surface area (Å²) >= 11 is 0. The largest absolute Gasteiger partial charge is 0.368 e. The molecule has 1 saturated carbocycles. The summed E-state index contributed by atoms with van der Waals surface area (Å²) in [6.45, 7) is 4.44. The molecule has 3 aromatic heterocycles. The molecule has 1 aromatic carbocycles. The van der Waals surface area contributed by atoms with Crippen molar-refractivity contribution in [2.24, 2.45) is 5.41 Å². The summed E-state index contributed by atoms with van der Waals surface area (Å²) in [6, 6.07) is 11.5. The van der Waals surface area contributed by atoms with Crippen LogP contribution in [-0.2, 0) is 5.41 Å². The summed E-state index contributed by atoms with van der Waals surface area (Å²) in [7, 11) is 0. The minimum Gasteiger partial charge on any atom is -0.368 e. The van der Waals surface area contributed by atoms with Gasteiger partial charge in [-0.25, -0.2) is 18.7 Å². The lowest BCUT2D eigenvalue weighted by molar-refractivity contribution is 0.243. The first kappa shape index (κ1) is 20.8. The number of halogens is 2. The molecular formula is C26H22F2N6. The Balaban J connectivity index is 1.51. The molecule has 2 N–H and O–H groups in total. The fourth-order valence-corrected chi connectivity index (χ4v) is 6.06. The summed E-state index contributed by atoms with van der Waals surface area (Å²) in [5.41, 5.74) is 9.29. The molecule has 0 radical (unpaired) electrons. The second-order valence-electron chi connectivity index (χ2n) is 9.59. The number of anilines is 1. The Morgan fingerprint density at radius 3 is 2.38 bits per heavy atom. The average molecular weight is 457 g/mol. The van der Waals surface area contributed by atoms with Crippen molar-refractivity contribution in [2.45, 2.75) is 38.0 Å². The first-order valence-corrected chi connectivity index (χ1v) is 11.2. The minimum atomic E-state index is -0.647. The zero-order valence-electron chi connectivity index (χ0n) is 18.8. The van der Waals surface area contributed by atoms with Gasteiger partial charge in [0.15, 0.2) is 0 Å². The fourth-order valence-electron chi connectivity index (χ4n) is 6.06. The maximum atomic E-state index is 14.5. The molecule has 8 heteroatoms. The molecule has 170 valence electrons. The maximum Gasteiger partial charge on any atom is 0.219 e. The first-order chi connectivity index (χ1) is 16.3. The highest BCUT2D eigenvalue weighted by atomic mass is 19.1. The van der Waals surface area contributed by atoms with E-state index >= 15 is 0 Å². The van der Waals surface area contributed by atoms with Gasteiger partial charge in [-0.1, -0.05) is 26.0 Å². The van der Waals surface area contributed by atoms with E-state index in [2.05, 4.69) is 34.0 Å². The standard InChI is InChI=1S/C26H22F2N6/c1-25(2)16-9-10-26(25,21-8-4-7-19(32-21)14-12-30-24(29)31-13-14)23-15(16)11-20(33-34-23)22-17(27)5-3-6-18(22)28/h3-8,11-13,16H,9-10H2,1-2H3,(H2,29,30,31)/t16-,26-/m0/s1. The van der Waals surface area contributed by atoms with Crippen molar-refractivity contribution in [3.05, 3.63) is 83.4 Å². The molecule has 0 aliphatic heterocycles. The molecule has 0 amide bonds. The van der Waals surface area contributed by atoms with Gasteiger partial charge < -0.3 is 5.73 Å². The molecule has 4 aromatic rings. The van der Waals surface area contributed by atoms with Crippen LogP contribution in [0.15, 0.2) is 54.9 Å². The van der Waals surface area contributed by atoms with Crippen LogP contribution in [0.3, 0.4) is 0 Å². The molecule has 6 nitrogen and oxygen atoms in total. The molecule has 1 fully saturated rings. The van der Waals surface area contributed by atoms with Gasteiger partial charge in [0.1, 0.15) is 11.6 Å². The number of benzene rings is 1. The predicted octanol–water partition coefficient (Wildman–Crippen LogP) is 5.06. The van der Waals surface area contributed by atoms with E-state index in [1.54, 1.807) is 12.4 Å². The number of nitrogens with zero attached hydrogens (tertiary/aromatic N) is 5. The molecule has 2 aliphatic carbocycles. The first-order valence-electron chi connectivity index (χ1n) is 11.2. The van der Waals surface area contributed by atoms with Crippen molar-refractivity contribution >= 4 is 5.95 Å². The zero-order chi connectivity index (χ0) is 23.7. The predicted molar refractivity (Wildman–Crippen MR) is 124 cm³/mol. The molecule has 34 heavy (non-hydrogen) atoms. The van der Waals surface area contributed by atoms with Gasteiger partial charge in [0.05, 0.1) is 33.8 Å². The van der Waals surface area contributed by atoms with Crippen LogP contribution in [0.1, 0.15) is 49.6 Å². The van der Waals surface area contributed by atoms with Gasteiger partial charge >= 0.3 is 0 Å². The topological polar surface area (TPSA) is 90.5 Å². The molecular weight excluding hydrogens is 434 g/mol. The Hall–Kier alpha value is -3.81. The number of nitrogens with two attached hydrogens (primary N) is 1. The third kappa shape index (κ3) is 2.68. The smallest absolute Gasteiger partial charge is 0.219 e. The van der Waals surface area contributed by atoms with Gasteiger partial charge in [-0.05, 0) is 60.1 Å². The monoisotopic (exact) mass is 456 g/mol. The van der Waals surface area contributed by atoms with Gasteiger partial charge in [-0.3, -0.25) is 4.98 Å². The van der Waals surface area contributed by atoms with Gasteiger partial charge in [-0.15, -0.1) is 5.10 Å². The van der Waals surface area contributed by atoms with E-state index in [1.165, 1.54) is 18.2 Å². The van der Waals surface area contributed by atoms with E-state index in [1.807, 2.05) is 24.3 Å². The molecule has 0 saturated heterocycles. The fraction of sp³-hybridized carbons (Fsp3) is 0.269. The van der Waals surface area contributed by atoms with Crippen LogP contribution in [-0.4, -0.2) is 25.1 Å². The van der Waals surface area contributed by atoms with E-state index < -0.39 is 17.0 Å². The van der Waals surface area contributed by atoms with Gasteiger partial charge in [-0.2, -0.15) is 5.10 Å². The van der Waals surface area contributed by atoms with Crippen molar-refractivity contribution in [2.75, 3.05) is 5.73 Å². The van der Waals surface area contributed by atoms with Crippen LogP contribution in [0.5, 0.6) is 0 Å². The van der Waals surface area contributed by atoms with Crippen LogP contribution >= 0.6 is 0 Å². The number of pyridine rings is 1. The second kappa shape index (κ2) is 7.09. The Kier molecular flexibility index (Phi) is 4.33. The lowest BCUT2D eigenvalue weighted by Gasteiger charge is -2.37. The van der Waals surface area contributed by atoms with Crippen LogP contribution < -0.4 is 5.73 Å². The highest BCUT2D eigenvalue weighted by Gasteiger charge is 2.65. The third-order valence-electron chi connectivity index (χ3n) is 7.76. The van der Waals surface area contributed by atoms with Gasteiger partial charge in [0.25, 0.3) is 0 Å². The van der Waals surface area contributed by atoms with Crippen LogP contribution in [0.4, 0.5) is 14.7 Å². The Bertz CT molecular complexity index is 1420. The molecule has 2 aliphatic rings. The highest BCUT2D eigenvalue weighted by molar-refractivity contribution is 5.65. The summed E-state index contributed by atoms with van der Waals surface area (Å²) in [5, 5.41) is 8.89. The summed E-state index contributed by atoms with van der Waals surface area (Å²) < 4.78 is 28.9. The normalized spacial score (nSPS) is 22.1. The van der Waals surface area contributed by atoms with E-state index in [9.17, 15) is 8.78 Å². The lowest BCUT2D eigenvalue weighted by atomic mass is 9.66. The maximum absolute atomic E-state index is 14.5. The SMILES string of the molecule is CC1(C)[C@H]2CC[C@]1(c1cccc(-c3cnc(N)nc3)n1)c1nnc(-c3c(F)cccc3F)cc12. The molecule has 0 spiro atoms. The van der Waals surface area contributed by atoms with E-state index in [0.717, 1.165) is 41.1 Å². The Morgan fingerprint density at radius 1 is 0.941 bits per heavy atom. The molecule has 3 heterocycles. The van der Waals surface area contributed by atoms with Crippen molar-refractivity contribution in [3.8, 4) is 22.5 Å². The zero-order valence-corrected chi connectivity index (χ0v) is 18.8. The summed E-state index contributed by atoms with van der Waals surface area (Å²) in [6.07, 6.45) is 5.12. The molecule has 0 unspecified atom stereocenters. The Morgan fingerprint density at radius 2 is 1.65 bits per heavy atom. The number of nitrogen functional groups attached to an aromatic ring is 1. The Labute approximate surface area is 195 Å². The second-order valence-corrected chi connectivity index (χ2v) is 9.59. The third-order valence-corrected chi connectivity index (χ3v) is 7.76. The average Bonchev–Trinajstić information content (AvgIpc) is 3.21. The van der Waals surface area contributed by atoms with Crippen molar-refractivity contribution < 1.29 is 8.78 Å². The van der Waals surface area contributed by atoms with Crippen LogP contribution in [0, 0.1) is 17.0 Å². The van der Waals surface area contributed by atoms with Crippen molar-refractivity contribution in [3.63, 3.8) is 0 Å². The molecule has 6 rings (SSSR count). The molecule has 2 atom stereocenters. The van der Waals surface area contributed by atoms with E-state index in [4.69, 9.17) is 10.7 Å². The number of aromatic nitrogens is 5. The highest BCUT2D eigenvalue weighted by Crippen LogP contribution is 2.69. The van der Waals surface area contributed by atoms with E-state index in [0.29, 0.717) is 0 Å². The van der Waals surface area contributed by atoms with Crippen LogP contribution in [0.25, 0.3) is 22.5 Å². The van der Waals surface area contributed by atoms with Gasteiger partial charge in [0, 0.05) is 18.0 Å². The van der Waals surface area contributed by atoms with Gasteiger partial charge in [0.2, 0.25) is 5.95 Å². The number of rotatable bonds is 3. The van der Waals surface area contributed by atoms with Crippen molar-refractivity contribution in [1.82, 2.24) is 25.1 Å². The summed E-state index contributed by atoms with van der Waals surface area (Å²) in [4.78, 5) is 13.2. The number of hydrogen-bond donors (Lipinski definition) is 1. The van der Waals surface area contributed by atoms with E-state index in [-0.39, 0.29) is 28.5 Å².